The van der Waals surface area contributed by atoms with Gasteiger partial charge in [-0.3, -0.25) is 0 Å². The minimum atomic E-state index is -3.31. The topological polar surface area (TPSA) is 97.0 Å². The van der Waals surface area contributed by atoms with Gasteiger partial charge in [-0.15, -0.1) is 0 Å². The zero-order chi connectivity index (χ0) is 19.4. The van der Waals surface area contributed by atoms with Gasteiger partial charge in [0.25, 0.3) is 0 Å². The van der Waals surface area contributed by atoms with E-state index in [4.69, 9.17) is 10.00 Å². The fourth-order valence-corrected chi connectivity index (χ4v) is 4.94. The Morgan fingerprint density at radius 1 is 1.52 bits per heavy atom. The summed E-state index contributed by atoms with van der Waals surface area (Å²) >= 11 is 1.73. The maximum absolute atomic E-state index is 14.4. The molecule has 7 nitrogen and oxygen atoms in total. The molecular formula is C17H19FN4O3S2. The van der Waals surface area contributed by atoms with Gasteiger partial charge in [0.15, 0.2) is 11.6 Å². The van der Waals surface area contributed by atoms with E-state index in [0.29, 0.717) is 17.7 Å². The molecule has 0 unspecified atom stereocenters. The molecule has 10 heteroatoms. The number of thioether (sulfide) groups is 1. The molecule has 0 amide bonds. The number of aromatic nitrogens is 2. The van der Waals surface area contributed by atoms with E-state index >= 15 is 0 Å². The quantitative estimate of drug-likeness (QED) is 0.782. The Bertz CT molecular complexity index is 955. The molecule has 1 aliphatic rings. The van der Waals surface area contributed by atoms with Crippen LogP contribution in [0, 0.1) is 23.1 Å². The molecule has 2 aromatic rings. The molecule has 1 aliphatic heterocycles. The van der Waals surface area contributed by atoms with Crippen LogP contribution in [0.4, 0.5) is 4.39 Å². The molecule has 0 saturated carbocycles. The molecule has 2 atom stereocenters. The van der Waals surface area contributed by atoms with Crippen molar-refractivity contribution in [3.8, 4) is 17.5 Å². The highest BCUT2D eigenvalue weighted by molar-refractivity contribution is 7.99. The van der Waals surface area contributed by atoms with E-state index in [0.717, 1.165) is 17.8 Å². The van der Waals surface area contributed by atoms with Gasteiger partial charge in [0, 0.05) is 30.0 Å². The van der Waals surface area contributed by atoms with Crippen LogP contribution in [0.5, 0.6) is 5.75 Å². The fraction of sp³-hybridized carbons (Fsp3) is 0.412. The third kappa shape index (κ3) is 5.22. The van der Waals surface area contributed by atoms with E-state index in [1.54, 1.807) is 17.8 Å². The first kappa shape index (κ1) is 19.7. The molecule has 2 heterocycles. The Balaban J connectivity index is 1.67. The average molecular weight is 410 g/mol. The number of nitrogens with zero attached hydrogens (tertiary/aromatic N) is 3. The van der Waals surface area contributed by atoms with Crippen molar-refractivity contribution in [1.29, 1.82) is 5.26 Å². The molecule has 27 heavy (non-hydrogen) atoms. The largest absolute Gasteiger partial charge is 0.490 e. The van der Waals surface area contributed by atoms with Crippen molar-refractivity contribution in [2.45, 2.75) is 12.5 Å². The predicted molar refractivity (Wildman–Crippen MR) is 101 cm³/mol. The highest BCUT2D eigenvalue weighted by Crippen LogP contribution is 2.26. The number of rotatable bonds is 6. The van der Waals surface area contributed by atoms with E-state index in [2.05, 4.69) is 9.82 Å². The lowest BCUT2D eigenvalue weighted by Gasteiger charge is -2.31. The lowest BCUT2D eigenvalue weighted by molar-refractivity contribution is 0.221. The van der Waals surface area contributed by atoms with Crippen LogP contribution in [-0.2, 0) is 10.0 Å². The Kier molecular flexibility index (Phi) is 6.04. The van der Waals surface area contributed by atoms with Crippen molar-refractivity contribution in [2.24, 2.45) is 5.92 Å². The first-order valence-electron chi connectivity index (χ1n) is 8.28. The number of sulfonamides is 1. The first-order valence-corrected chi connectivity index (χ1v) is 11.3. The van der Waals surface area contributed by atoms with Gasteiger partial charge < -0.3 is 4.74 Å². The Morgan fingerprint density at radius 3 is 3.00 bits per heavy atom. The number of halogens is 1. The van der Waals surface area contributed by atoms with Crippen LogP contribution in [0.1, 0.15) is 12.0 Å². The van der Waals surface area contributed by atoms with E-state index in [9.17, 15) is 12.8 Å². The summed E-state index contributed by atoms with van der Waals surface area (Å²) in [4.78, 5) is 0. The van der Waals surface area contributed by atoms with Crippen molar-refractivity contribution in [3.63, 3.8) is 0 Å². The van der Waals surface area contributed by atoms with Gasteiger partial charge in [-0.25, -0.2) is 22.2 Å². The molecule has 1 aromatic heterocycles. The number of nitriles is 1. The van der Waals surface area contributed by atoms with Crippen LogP contribution in [0.15, 0.2) is 30.6 Å². The minimum Gasteiger partial charge on any atom is -0.490 e. The summed E-state index contributed by atoms with van der Waals surface area (Å²) in [7, 11) is -3.31. The highest BCUT2D eigenvalue weighted by Gasteiger charge is 2.28. The second-order valence-corrected chi connectivity index (χ2v) is 9.26. The average Bonchev–Trinajstić information content (AvgIpc) is 3.10. The number of benzene rings is 1. The fourth-order valence-electron chi connectivity index (χ4n) is 2.86. The van der Waals surface area contributed by atoms with Crippen molar-refractivity contribution >= 4 is 21.8 Å². The maximum Gasteiger partial charge on any atom is 0.208 e. The van der Waals surface area contributed by atoms with Crippen LogP contribution in [0.2, 0.25) is 0 Å². The van der Waals surface area contributed by atoms with E-state index < -0.39 is 15.8 Å². The Labute approximate surface area is 161 Å². The van der Waals surface area contributed by atoms with Crippen LogP contribution in [0.3, 0.4) is 0 Å². The first-order chi connectivity index (χ1) is 12.9. The number of nitrogens with one attached hydrogen (secondary N) is 1. The summed E-state index contributed by atoms with van der Waals surface area (Å²) in [6, 6.07) is 6.19. The van der Waals surface area contributed by atoms with E-state index in [1.807, 2.05) is 6.07 Å². The van der Waals surface area contributed by atoms with Gasteiger partial charge in [-0.05, 0) is 24.3 Å². The molecule has 1 N–H and O–H groups in total. The summed E-state index contributed by atoms with van der Waals surface area (Å²) in [5, 5.41) is 12.9. The standard InChI is InChI=1S/C17H19FN4O3S2/c1-27(23,24)21-16-4-5-26-11-13(16)10-25-17-3-2-14(6-15(17)18)22-9-12(7-19)8-20-22/h2-3,6,8-9,13,16,21H,4-5,10-11H2,1H3/t13-,16-/m0/s1. The highest BCUT2D eigenvalue weighted by atomic mass is 32.2. The van der Waals surface area contributed by atoms with Crippen molar-refractivity contribution < 1.29 is 17.5 Å². The van der Waals surface area contributed by atoms with E-state index in [-0.39, 0.29) is 24.3 Å². The normalized spacial score (nSPS) is 20.2. The number of hydrogen-bond donors (Lipinski definition) is 1. The lowest BCUT2D eigenvalue weighted by Crippen LogP contribution is -2.45. The van der Waals surface area contributed by atoms with Crippen LogP contribution in [-0.4, -0.2) is 48.6 Å². The molecule has 0 radical (unpaired) electrons. The molecule has 0 spiro atoms. The Morgan fingerprint density at radius 2 is 2.33 bits per heavy atom. The molecular weight excluding hydrogens is 391 g/mol. The second kappa shape index (κ2) is 8.29. The summed E-state index contributed by atoms with van der Waals surface area (Å²) < 4.78 is 47.1. The van der Waals surface area contributed by atoms with Gasteiger partial charge >= 0.3 is 0 Å². The van der Waals surface area contributed by atoms with Crippen molar-refractivity contribution in [2.75, 3.05) is 24.4 Å². The van der Waals surface area contributed by atoms with Crippen LogP contribution in [0.25, 0.3) is 5.69 Å². The molecule has 3 rings (SSSR count). The molecule has 0 aliphatic carbocycles. The van der Waals surface area contributed by atoms with Gasteiger partial charge in [0.05, 0.1) is 30.3 Å². The lowest BCUT2D eigenvalue weighted by atomic mass is 10.0. The second-order valence-electron chi connectivity index (χ2n) is 6.33. The van der Waals surface area contributed by atoms with Crippen LogP contribution < -0.4 is 9.46 Å². The molecule has 144 valence electrons. The Hall–Kier alpha value is -2.09. The summed E-state index contributed by atoms with van der Waals surface area (Å²) in [5.41, 5.74) is 0.862. The maximum atomic E-state index is 14.4. The summed E-state index contributed by atoms with van der Waals surface area (Å²) in [5.74, 6) is 1.14. The van der Waals surface area contributed by atoms with Crippen LogP contribution >= 0.6 is 11.8 Å². The minimum absolute atomic E-state index is 0.0400. The van der Waals surface area contributed by atoms with Gasteiger partial charge in [0.1, 0.15) is 6.07 Å². The SMILES string of the molecule is CS(=O)(=O)N[C@H]1CCSC[C@@H]1COc1ccc(-n2cc(C#N)cn2)cc1F. The van der Waals surface area contributed by atoms with Crippen molar-refractivity contribution in [1.82, 2.24) is 14.5 Å². The van der Waals surface area contributed by atoms with Gasteiger partial charge in [-0.1, -0.05) is 0 Å². The molecule has 1 saturated heterocycles. The molecule has 1 aromatic carbocycles. The smallest absolute Gasteiger partial charge is 0.208 e. The number of hydrogen-bond acceptors (Lipinski definition) is 6. The van der Waals surface area contributed by atoms with E-state index in [1.165, 1.54) is 29.2 Å². The zero-order valence-electron chi connectivity index (χ0n) is 14.6. The third-order valence-corrected chi connectivity index (χ3v) is 6.10. The summed E-state index contributed by atoms with van der Waals surface area (Å²) in [6.45, 7) is 0.219. The third-order valence-electron chi connectivity index (χ3n) is 4.18. The predicted octanol–water partition coefficient (Wildman–Crippen LogP) is 1.93. The molecule has 1 fully saturated rings. The van der Waals surface area contributed by atoms with Gasteiger partial charge in [-0.2, -0.15) is 22.1 Å². The molecule has 0 bridgehead atoms. The number of ether oxygens (including phenoxy) is 1. The summed E-state index contributed by atoms with van der Waals surface area (Å²) in [6.07, 6.45) is 4.76. The van der Waals surface area contributed by atoms with Crippen molar-refractivity contribution in [3.05, 3.63) is 42.0 Å². The zero-order valence-corrected chi connectivity index (χ0v) is 16.3. The van der Waals surface area contributed by atoms with Gasteiger partial charge in [0.2, 0.25) is 10.0 Å². The monoisotopic (exact) mass is 410 g/mol.